The molecule has 2 atom stereocenters. The van der Waals surface area contributed by atoms with E-state index in [0.717, 1.165) is 6.42 Å². The zero-order valence-electron chi connectivity index (χ0n) is 8.46. The van der Waals surface area contributed by atoms with Crippen LogP contribution >= 0.6 is 0 Å². The van der Waals surface area contributed by atoms with Crippen LogP contribution in [0, 0.1) is 16.7 Å². The fourth-order valence-corrected chi connectivity index (χ4v) is 3.30. The zero-order valence-corrected chi connectivity index (χ0v) is 8.46. The fourth-order valence-electron chi connectivity index (χ4n) is 3.30. The maximum absolute atomic E-state index is 11.8. The summed E-state index contributed by atoms with van der Waals surface area (Å²) in [7, 11) is 0. The third kappa shape index (κ3) is 0.780. The summed E-state index contributed by atoms with van der Waals surface area (Å²) in [5, 5.41) is 8.71. The normalized spacial score (nSPS) is 38.8. The van der Waals surface area contributed by atoms with Crippen LogP contribution in [0.2, 0.25) is 0 Å². The third-order valence-electron chi connectivity index (χ3n) is 4.39. The molecule has 0 aromatic rings. The Kier molecular flexibility index (Phi) is 1.77. The van der Waals surface area contributed by atoms with Crippen LogP contribution < -0.4 is 5.48 Å². The summed E-state index contributed by atoms with van der Waals surface area (Å²) in [5.74, 6) is -0.231. The van der Waals surface area contributed by atoms with Gasteiger partial charge in [-0.25, -0.2) is 5.48 Å². The number of hydrogen-bond acceptors (Lipinski definition) is 3. The molecule has 2 fully saturated rings. The zero-order chi connectivity index (χ0) is 10.6. The molecule has 0 radical (unpaired) electrons. The first-order valence-corrected chi connectivity index (χ1v) is 4.94. The van der Waals surface area contributed by atoms with Crippen molar-refractivity contribution in [2.24, 2.45) is 16.7 Å². The highest BCUT2D eigenvalue weighted by molar-refractivity contribution is 6.09. The van der Waals surface area contributed by atoms with E-state index in [1.165, 1.54) is 0 Å². The van der Waals surface area contributed by atoms with Crippen molar-refractivity contribution in [3.63, 3.8) is 0 Å². The molecular formula is C10H15NO3. The van der Waals surface area contributed by atoms with E-state index >= 15 is 0 Å². The average Bonchev–Trinajstić information content (AvgIpc) is 2.49. The van der Waals surface area contributed by atoms with Crippen molar-refractivity contribution in [1.29, 1.82) is 0 Å². The van der Waals surface area contributed by atoms with Gasteiger partial charge in [0.2, 0.25) is 0 Å². The van der Waals surface area contributed by atoms with Gasteiger partial charge in [0.05, 0.1) is 0 Å². The number of fused-ring (bicyclic) bond motifs is 2. The predicted octanol–water partition coefficient (Wildman–Crippen LogP) is 0.887. The van der Waals surface area contributed by atoms with Gasteiger partial charge in [-0.1, -0.05) is 13.8 Å². The van der Waals surface area contributed by atoms with Gasteiger partial charge in [-0.2, -0.15) is 0 Å². The summed E-state index contributed by atoms with van der Waals surface area (Å²) in [6, 6.07) is 0. The number of rotatable bonds is 1. The lowest BCUT2D eigenvalue weighted by atomic mass is 9.68. The van der Waals surface area contributed by atoms with Crippen LogP contribution in [-0.4, -0.2) is 16.9 Å². The van der Waals surface area contributed by atoms with E-state index in [1.807, 2.05) is 13.8 Å². The minimum atomic E-state index is -0.966. The Bertz CT molecular complexity index is 310. The van der Waals surface area contributed by atoms with Gasteiger partial charge in [0.15, 0.2) is 0 Å². The van der Waals surface area contributed by atoms with E-state index < -0.39 is 11.3 Å². The van der Waals surface area contributed by atoms with Crippen LogP contribution in [0.3, 0.4) is 0 Å². The highest BCUT2D eigenvalue weighted by atomic mass is 16.5. The molecule has 0 aromatic carbocycles. The number of nitrogens with one attached hydrogen (secondary N) is 1. The van der Waals surface area contributed by atoms with Crippen LogP contribution in [-0.2, 0) is 9.59 Å². The van der Waals surface area contributed by atoms with Crippen molar-refractivity contribution in [2.45, 2.75) is 33.1 Å². The largest absolute Gasteiger partial charge is 0.298 e. The van der Waals surface area contributed by atoms with Gasteiger partial charge in [-0.05, 0) is 24.2 Å². The first kappa shape index (κ1) is 9.65. The Balaban J connectivity index is 2.49. The summed E-state index contributed by atoms with van der Waals surface area (Å²) < 4.78 is 0. The second kappa shape index (κ2) is 2.57. The van der Waals surface area contributed by atoms with Crippen molar-refractivity contribution in [1.82, 2.24) is 5.48 Å². The van der Waals surface area contributed by atoms with Crippen LogP contribution in [0.15, 0.2) is 0 Å². The average molecular weight is 197 g/mol. The molecule has 0 aromatic heterocycles. The van der Waals surface area contributed by atoms with Crippen molar-refractivity contribution in [3.8, 4) is 0 Å². The first-order chi connectivity index (χ1) is 6.46. The topological polar surface area (TPSA) is 66.4 Å². The SMILES string of the molecule is CC1(C)C2CCC1(C(=O)NO)C(=O)C2. The summed E-state index contributed by atoms with van der Waals surface area (Å²) in [6.07, 6.45) is 1.97. The number of carbonyl (C=O) groups excluding carboxylic acids is 2. The molecule has 1 amide bonds. The molecule has 2 aliphatic rings. The smallest absolute Gasteiger partial charge is 0.257 e. The second-order valence-corrected chi connectivity index (χ2v) is 4.93. The molecule has 0 aliphatic heterocycles. The number of ketones is 1. The Hall–Kier alpha value is -0.900. The maximum atomic E-state index is 11.8. The van der Waals surface area contributed by atoms with Crippen molar-refractivity contribution < 1.29 is 14.8 Å². The number of amides is 1. The molecule has 2 rings (SSSR count). The summed E-state index contributed by atoms with van der Waals surface area (Å²) in [4.78, 5) is 23.4. The molecule has 0 heterocycles. The van der Waals surface area contributed by atoms with Gasteiger partial charge >= 0.3 is 0 Å². The van der Waals surface area contributed by atoms with Gasteiger partial charge in [0.1, 0.15) is 11.2 Å². The van der Waals surface area contributed by atoms with E-state index in [2.05, 4.69) is 0 Å². The summed E-state index contributed by atoms with van der Waals surface area (Å²) >= 11 is 0. The predicted molar refractivity (Wildman–Crippen MR) is 48.5 cm³/mol. The third-order valence-corrected chi connectivity index (χ3v) is 4.39. The van der Waals surface area contributed by atoms with Crippen molar-refractivity contribution in [3.05, 3.63) is 0 Å². The molecule has 14 heavy (non-hydrogen) atoms. The van der Waals surface area contributed by atoms with E-state index in [9.17, 15) is 9.59 Å². The van der Waals surface area contributed by atoms with Crippen molar-refractivity contribution >= 4 is 11.7 Å². The monoisotopic (exact) mass is 197 g/mol. The Labute approximate surface area is 82.6 Å². The van der Waals surface area contributed by atoms with Gasteiger partial charge < -0.3 is 0 Å². The van der Waals surface area contributed by atoms with E-state index in [-0.39, 0.29) is 11.2 Å². The van der Waals surface area contributed by atoms with E-state index in [0.29, 0.717) is 18.8 Å². The molecule has 78 valence electrons. The minimum absolute atomic E-state index is 0.00898. The molecule has 2 saturated carbocycles. The Morgan fingerprint density at radius 3 is 2.57 bits per heavy atom. The number of Topliss-reactive ketones (excluding diaryl/α,β-unsaturated/α-hetero) is 1. The van der Waals surface area contributed by atoms with Gasteiger partial charge in [-0.15, -0.1) is 0 Å². The van der Waals surface area contributed by atoms with E-state index in [1.54, 1.807) is 5.48 Å². The van der Waals surface area contributed by atoms with E-state index in [4.69, 9.17) is 5.21 Å². The quantitative estimate of drug-likeness (QED) is 0.372. The molecule has 2 aliphatic carbocycles. The molecule has 2 N–H and O–H groups in total. The lowest BCUT2D eigenvalue weighted by Crippen LogP contribution is -2.48. The lowest BCUT2D eigenvalue weighted by Gasteiger charge is -2.33. The highest BCUT2D eigenvalue weighted by Gasteiger charge is 2.68. The molecule has 0 saturated heterocycles. The molecular weight excluding hydrogens is 182 g/mol. The van der Waals surface area contributed by atoms with Crippen LogP contribution in [0.25, 0.3) is 0 Å². The molecule has 0 spiro atoms. The number of hydrogen-bond donors (Lipinski definition) is 2. The van der Waals surface area contributed by atoms with Crippen LogP contribution in [0.4, 0.5) is 0 Å². The standard InChI is InChI=1S/C10H15NO3/c1-9(2)6-3-4-10(9,7(12)5-6)8(13)11-14/h6,14H,3-5H2,1-2H3,(H,11,13). The molecule has 4 heteroatoms. The number of carbonyl (C=O) groups is 2. The lowest BCUT2D eigenvalue weighted by molar-refractivity contribution is -0.151. The molecule has 2 bridgehead atoms. The number of hydroxylamine groups is 1. The van der Waals surface area contributed by atoms with Gasteiger partial charge in [0, 0.05) is 6.42 Å². The first-order valence-electron chi connectivity index (χ1n) is 4.94. The van der Waals surface area contributed by atoms with Crippen molar-refractivity contribution in [2.75, 3.05) is 0 Å². The second-order valence-electron chi connectivity index (χ2n) is 4.93. The van der Waals surface area contributed by atoms with Crippen LogP contribution in [0.5, 0.6) is 0 Å². The fraction of sp³-hybridized carbons (Fsp3) is 0.800. The Morgan fingerprint density at radius 2 is 2.21 bits per heavy atom. The van der Waals surface area contributed by atoms with Gasteiger partial charge in [-0.3, -0.25) is 14.8 Å². The van der Waals surface area contributed by atoms with Crippen LogP contribution in [0.1, 0.15) is 33.1 Å². The molecule has 4 nitrogen and oxygen atoms in total. The summed E-state index contributed by atoms with van der Waals surface area (Å²) in [5.41, 5.74) is 0.377. The summed E-state index contributed by atoms with van der Waals surface area (Å²) in [6.45, 7) is 3.90. The molecule has 2 unspecified atom stereocenters. The Morgan fingerprint density at radius 1 is 1.57 bits per heavy atom. The maximum Gasteiger partial charge on any atom is 0.257 e. The highest BCUT2D eigenvalue weighted by Crippen LogP contribution is 2.63. The van der Waals surface area contributed by atoms with Gasteiger partial charge in [0.25, 0.3) is 5.91 Å². The minimum Gasteiger partial charge on any atom is -0.298 e.